The van der Waals surface area contributed by atoms with Gasteiger partial charge in [-0.05, 0) is 6.54 Å². The van der Waals surface area contributed by atoms with E-state index in [4.69, 9.17) is 10.8 Å². The van der Waals surface area contributed by atoms with Crippen LogP contribution in [0.2, 0.25) is 0 Å². The molecule has 0 radical (unpaired) electrons. The number of carboxylic acids is 1. The molecule has 0 saturated carbocycles. The third-order valence-electron chi connectivity index (χ3n) is 1.17. The zero-order valence-corrected chi connectivity index (χ0v) is 5.78. The van der Waals surface area contributed by atoms with Crippen LogP contribution in [0.25, 0.3) is 0 Å². The largest absolute Gasteiger partial charge is 0.476 e. The second-order valence-electron chi connectivity index (χ2n) is 2.02. The van der Waals surface area contributed by atoms with Gasteiger partial charge in [0.25, 0.3) is 0 Å². The lowest BCUT2D eigenvalue weighted by Crippen LogP contribution is -2.01. The maximum absolute atomic E-state index is 10.3. The lowest BCUT2D eigenvalue weighted by atomic mass is 10.3. The standard InChI is InChI=1S/C6H8N2O3/c7-2-1-4-3-5(6(9)10)8-11-4/h3H,1-2,7H2,(H,9,10). The first-order valence-electron chi connectivity index (χ1n) is 3.13. The first-order chi connectivity index (χ1) is 5.24. The zero-order chi connectivity index (χ0) is 8.27. The van der Waals surface area contributed by atoms with Gasteiger partial charge in [-0.15, -0.1) is 0 Å². The summed E-state index contributed by atoms with van der Waals surface area (Å²) in [5, 5.41) is 11.7. The van der Waals surface area contributed by atoms with Crippen molar-refractivity contribution in [1.29, 1.82) is 0 Å². The van der Waals surface area contributed by atoms with E-state index in [-0.39, 0.29) is 5.69 Å². The van der Waals surface area contributed by atoms with Crippen molar-refractivity contribution in [1.82, 2.24) is 5.16 Å². The minimum Gasteiger partial charge on any atom is -0.476 e. The molecule has 1 aromatic heterocycles. The number of aromatic nitrogens is 1. The lowest BCUT2D eigenvalue weighted by molar-refractivity contribution is 0.0685. The molecule has 1 rings (SSSR count). The molecule has 1 aromatic rings. The summed E-state index contributed by atoms with van der Waals surface area (Å²) in [7, 11) is 0. The van der Waals surface area contributed by atoms with Crippen molar-refractivity contribution in [3.05, 3.63) is 17.5 Å². The number of aromatic carboxylic acids is 1. The molecular formula is C6H8N2O3. The molecule has 0 aromatic carbocycles. The summed E-state index contributed by atoms with van der Waals surface area (Å²) < 4.78 is 4.66. The van der Waals surface area contributed by atoms with E-state index in [0.29, 0.717) is 18.7 Å². The van der Waals surface area contributed by atoms with E-state index in [1.54, 1.807) is 0 Å². The van der Waals surface area contributed by atoms with E-state index in [1.807, 2.05) is 0 Å². The van der Waals surface area contributed by atoms with Crippen LogP contribution in [-0.4, -0.2) is 22.8 Å². The van der Waals surface area contributed by atoms with Gasteiger partial charge < -0.3 is 15.4 Å². The molecule has 0 aliphatic rings. The van der Waals surface area contributed by atoms with Crippen molar-refractivity contribution < 1.29 is 14.4 Å². The number of nitrogens with two attached hydrogens (primary N) is 1. The molecule has 1 heterocycles. The van der Waals surface area contributed by atoms with Gasteiger partial charge in [0.05, 0.1) is 0 Å². The molecule has 5 nitrogen and oxygen atoms in total. The molecule has 0 atom stereocenters. The Labute approximate surface area is 62.8 Å². The molecule has 0 aliphatic heterocycles. The fourth-order valence-electron chi connectivity index (χ4n) is 0.674. The number of carbonyl (C=O) groups is 1. The van der Waals surface area contributed by atoms with Crippen LogP contribution in [0.3, 0.4) is 0 Å². The number of hydrogen-bond acceptors (Lipinski definition) is 4. The smallest absolute Gasteiger partial charge is 0.358 e. The molecule has 0 bridgehead atoms. The number of carboxylic acid groups (broad SMARTS) is 1. The third kappa shape index (κ3) is 1.78. The summed E-state index contributed by atoms with van der Waals surface area (Å²) in [6, 6.07) is 1.37. The number of nitrogens with zero attached hydrogens (tertiary/aromatic N) is 1. The van der Waals surface area contributed by atoms with Gasteiger partial charge in [-0.25, -0.2) is 4.79 Å². The average Bonchev–Trinajstić information content (AvgIpc) is 2.37. The molecule has 0 saturated heterocycles. The minimum absolute atomic E-state index is 0.0755. The van der Waals surface area contributed by atoms with Crippen LogP contribution in [0.15, 0.2) is 10.6 Å². The molecule has 0 unspecified atom stereocenters. The van der Waals surface area contributed by atoms with E-state index < -0.39 is 5.97 Å². The van der Waals surface area contributed by atoms with Crippen LogP contribution in [0.4, 0.5) is 0 Å². The Balaban J connectivity index is 2.73. The Bertz CT molecular complexity index is 256. The Hall–Kier alpha value is -1.36. The van der Waals surface area contributed by atoms with Gasteiger partial charge >= 0.3 is 5.97 Å². The maximum Gasteiger partial charge on any atom is 0.358 e. The summed E-state index contributed by atoms with van der Waals surface area (Å²) in [5.41, 5.74) is 5.14. The molecule has 0 spiro atoms. The second-order valence-corrected chi connectivity index (χ2v) is 2.02. The van der Waals surface area contributed by atoms with Gasteiger partial charge in [0, 0.05) is 12.5 Å². The van der Waals surface area contributed by atoms with Crippen LogP contribution >= 0.6 is 0 Å². The molecule has 60 valence electrons. The quantitative estimate of drug-likeness (QED) is 0.636. The zero-order valence-electron chi connectivity index (χ0n) is 5.78. The average molecular weight is 156 g/mol. The van der Waals surface area contributed by atoms with Gasteiger partial charge in [-0.2, -0.15) is 0 Å². The van der Waals surface area contributed by atoms with Crippen LogP contribution < -0.4 is 5.73 Å². The maximum atomic E-state index is 10.3. The van der Waals surface area contributed by atoms with Crippen LogP contribution in [0.1, 0.15) is 16.2 Å². The van der Waals surface area contributed by atoms with Crippen molar-refractivity contribution in [3.8, 4) is 0 Å². The van der Waals surface area contributed by atoms with Crippen molar-refractivity contribution >= 4 is 5.97 Å². The van der Waals surface area contributed by atoms with Crippen molar-refractivity contribution in [3.63, 3.8) is 0 Å². The summed E-state index contributed by atoms with van der Waals surface area (Å²) in [4.78, 5) is 10.3. The minimum atomic E-state index is -1.09. The summed E-state index contributed by atoms with van der Waals surface area (Å²) in [6.45, 7) is 0.425. The van der Waals surface area contributed by atoms with E-state index in [2.05, 4.69) is 9.68 Å². The summed E-state index contributed by atoms with van der Waals surface area (Å²) in [5.74, 6) is -0.582. The molecular weight excluding hydrogens is 148 g/mol. The molecule has 0 amide bonds. The predicted molar refractivity (Wildman–Crippen MR) is 36.2 cm³/mol. The first-order valence-corrected chi connectivity index (χ1v) is 3.13. The Morgan fingerprint density at radius 2 is 2.55 bits per heavy atom. The Morgan fingerprint density at radius 1 is 1.82 bits per heavy atom. The van der Waals surface area contributed by atoms with Crippen molar-refractivity contribution in [2.24, 2.45) is 5.73 Å². The molecule has 11 heavy (non-hydrogen) atoms. The Morgan fingerprint density at radius 3 is 3.00 bits per heavy atom. The predicted octanol–water partition coefficient (Wildman–Crippen LogP) is -0.126. The molecule has 5 heteroatoms. The fraction of sp³-hybridized carbons (Fsp3) is 0.333. The highest BCUT2D eigenvalue weighted by molar-refractivity contribution is 5.85. The third-order valence-corrected chi connectivity index (χ3v) is 1.17. The topological polar surface area (TPSA) is 89.4 Å². The molecule has 3 N–H and O–H groups in total. The van der Waals surface area contributed by atoms with Gasteiger partial charge in [0.15, 0.2) is 5.69 Å². The Kier molecular flexibility index (Phi) is 2.22. The van der Waals surface area contributed by atoms with Gasteiger partial charge in [-0.3, -0.25) is 0 Å². The fourth-order valence-corrected chi connectivity index (χ4v) is 0.674. The van der Waals surface area contributed by atoms with Gasteiger partial charge in [0.2, 0.25) is 0 Å². The first kappa shape index (κ1) is 7.74. The number of rotatable bonds is 3. The van der Waals surface area contributed by atoms with Crippen LogP contribution in [-0.2, 0) is 6.42 Å². The van der Waals surface area contributed by atoms with Gasteiger partial charge in [-0.1, -0.05) is 5.16 Å². The molecule has 0 aliphatic carbocycles. The lowest BCUT2D eigenvalue weighted by Gasteiger charge is -1.84. The van der Waals surface area contributed by atoms with E-state index in [0.717, 1.165) is 0 Å². The highest BCUT2D eigenvalue weighted by atomic mass is 16.5. The number of hydrogen-bond donors (Lipinski definition) is 2. The van der Waals surface area contributed by atoms with E-state index in [1.165, 1.54) is 6.07 Å². The normalized spacial score (nSPS) is 9.91. The van der Waals surface area contributed by atoms with E-state index >= 15 is 0 Å². The summed E-state index contributed by atoms with van der Waals surface area (Å²) in [6.07, 6.45) is 0.514. The van der Waals surface area contributed by atoms with E-state index in [9.17, 15) is 4.79 Å². The van der Waals surface area contributed by atoms with Crippen molar-refractivity contribution in [2.75, 3.05) is 6.54 Å². The van der Waals surface area contributed by atoms with Crippen LogP contribution in [0, 0.1) is 0 Å². The SMILES string of the molecule is NCCc1cc(C(=O)O)no1. The highest BCUT2D eigenvalue weighted by Gasteiger charge is 2.09. The van der Waals surface area contributed by atoms with Gasteiger partial charge in [0.1, 0.15) is 5.76 Å². The van der Waals surface area contributed by atoms with Crippen molar-refractivity contribution in [2.45, 2.75) is 6.42 Å². The van der Waals surface area contributed by atoms with Crippen LogP contribution in [0.5, 0.6) is 0 Å². The summed E-state index contributed by atoms with van der Waals surface area (Å²) >= 11 is 0. The molecule has 0 fully saturated rings. The monoisotopic (exact) mass is 156 g/mol. The second kappa shape index (κ2) is 3.16. The highest BCUT2D eigenvalue weighted by Crippen LogP contribution is 2.02.